The average Bonchev–Trinajstić information content (AvgIpc) is 3.15. The number of amides is 3. The zero-order valence-corrected chi connectivity index (χ0v) is 16.3. The predicted octanol–water partition coefficient (Wildman–Crippen LogP) is 3.74. The fraction of sp³-hybridized carbons (Fsp3) is 0.364. The molecule has 1 unspecified atom stereocenters. The first-order valence-corrected chi connectivity index (χ1v) is 9.81. The zero-order valence-electron chi connectivity index (χ0n) is 16.3. The minimum Gasteiger partial charge on any atom is -0.352 e. The molecule has 30 heavy (non-hydrogen) atoms. The van der Waals surface area contributed by atoms with Crippen LogP contribution in [0.3, 0.4) is 0 Å². The number of hydrogen-bond acceptors (Lipinski definition) is 2. The third-order valence-corrected chi connectivity index (χ3v) is 5.43. The predicted molar refractivity (Wildman–Crippen MR) is 107 cm³/mol. The van der Waals surface area contributed by atoms with Gasteiger partial charge < -0.3 is 16.4 Å². The normalized spacial score (nSPS) is 19.8. The van der Waals surface area contributed by atoms with Crippen molar-refractivity contribution < 1.29 is 22.8 Å². The molecule has 3 atom stereocenters. The highest BCUT2D eigenvalue weighted by Crippen LogP contribution is 2.36. The van der Waals surface area contributed by atoms with E-state index >= 15 is 0 Å². The fourth-order valence-corrected chi connectivity index (χ4v) is 3.97. The van der Waals surface area contributed by atoms with Gasteiger partial charge in [-0.15, -0.1) is 0 Å². The summed E-state index contributed by atoms with van der Waals surface area (Å²) >= 11 is 0. The van der Waals surface area contributed by atoms with Gasteiger partial charge in [0.1, 0.15) is 6.04 Å². The van der Waals surface area contributed by atoms with E-state index in [4.69, 9.17) is 5.73 Å². The molecule has 2 aromatic carbocycles. The summed E-state index contributed by atoms with van der Waals surface area (Å²) in [7, 11) is 0. The molecule has 160 valence electrons. The van der Waals surface area contributed by atoms with Crippen molar-refractivity contribution in [3.8, 4) is 0 Å². The largest absolute Gasteiger partial charge is 0.416 e. The minimum atomic E-state index is -4.38. The molecular weight excluding hydrogens is 395 g/mol. The summed E-state index contributed by atoms with van der Waals surface area (Å²) in [5.74, 6) is -0.441. The number of urea groups is 1. The second-order valence-electron chi connectivity index (χ2n) is 7.52. The molecule has 1 fully saturated rings. The molecule has 1 aliphatic rings. The Kier molecular flexibility index (Phi) is 6.64. The van der Waals surface area contributed by atoms with Crippen molar-refractivity contribution in [3.05, 3.63) is 71.3 Å². The molecule has 0 saturated heterocycles. The average molecular weight is 419 g/mol. The molecule has 0 aromatic heterocycles. The lowest BCUT2D eigenvalue weighted by molar-refractivity contribution is -0.137. The van der Waals surface area contributed by atoms with Gasteiger partial charge in [-0.3, -0.25) is 4.79 Å². The molecule has 8 heteroatoms. The summed E-state index contributed by atoms with van der Waals surface area (Å²) < 4.78 is 38.4. The van der Waals surface area contributed by atoms with Crippen LogP contribution in [0, 0.1) is 0 Å². The van der Waals surface area contributed by atoms with Crippen LogP contribution >= 0.6 is 0 Å². The van der Waals surface area contributed by atoms with Crippen LogP contribution in [-0.2, 0) is 17.4 Å². The van der Waals surface area contributed by atoms with Gasteiger partial charge in [-0.1, -0.05) is 48.9 Å². The Labute approximate surface area is 172 Å². The van der Waals surface area contributed by atoms with Gasteiger partial charge in [-0.2, -0.15) is 13.2 Å². The third kappa shape index (κ3) is 5.52. The summed E-state index contributed by atoms with van der Waals surface area (Å²) in [6, 6.07) is 12.5. The van der Waals surface area contributed by atoms with E-state index in [-0.39, 0.29) is 24.3 Å². The van der Waals surface area contributed by atoms with E-state index in [0.717, 1.165) is 36.1 Å². The molecule has 0 spiro atoms. The smallest absolute Gasteiger partial charge is 0.352 e. The quantitative estimate of drug-likeness (QED) is 0.667. The molecule has 4 N–H and O–H groups in total. The molecule has 0 radical (unpaired) electrons. The summed E-state index contributed by atoms with van der Waals surface area (Å²) in [4.78, 5) is 24.3. The Morgan fingerprint density at radius 2 is 1.70 bits per heavy atom. The molecule has 2 aromatic rings. The summed E-state index contributed by atoms with van der Waals surface area (Å²) in [6.07, 6.45) is -1.77. The molecule has 1 aliphatic carbocycles. The van der Waals surface area contributed by atoms with Crippen LogP contribution < -0.4 is 16.4 Å². The van der Waals surface area contributed by atoms with E-state index in [2.05, 4.69) is 10.6 Å². The summed E-state index contributed by atoms with van der Waals surface area (Å²) in [5, 5.41) is 5.45. The van der Waals surface area contributed by atoms with E-state index in [0.29, 0.717) is 6.42 Å². The molecule has 0 bridgehead atoms. The van der Waals surface area contributed by atoms with Crippen LogP contribution in [0.2, 0.25) is 0 Å². The van der Waals surface area contributed by atoms with Crippen molar-refractivity contribution in [2.45, 2.75) is 49.9 Å². The van der Waals surface area contributed by atoms with Gasteiger partial charge in [-0.25, -0.2) is 4.79 Å². The number of hydrogen-bond donors (Lipinski definition) is 3. The minimum absolute atomic E-state index is 0.0813. The van der Waals surface area contributed by atoms with Crippen LogP contribution in [0.4, 0.5) is 18.0 Å². The lowest BCUT2D eigenvalue weighted by Crippen LogP contribution is -2.52. The SMILES string of the molecule is NC(=O)NC(Cc1ccccc1)C(=O)N[C@@H]1CCC[C@H]1c1ccc(C(F)(F)F)cc1. The Balaban J connectivity index is 1.70. The van der Waals surface area contributed by atoms with Gasteiger partial charge >= 0.3 is 12.2 Å². The van der Waals surface area contributed by atoms with E-state index in [1.807, 2.05) is 30.3 Å². The number of nitrogens with two attached hydrogens (primary N) is 1. The fourth-order valence-electron chi connectivity index (χ4n) is 3.97. The summed E-state index contributed by atoms with van der Waals surface area (Å²) in [6.45, 7) is 0. The molecule has 3 rings (SSSR count). The van der Waals surface area contributed by atoms with Gasteiger partial charge in [0.25, 0.3) is 0 Å². The topological polar surface area (TPSA) is 84.2 Å². The Hall–Kier alpha value is -3.03. The number of primary amides is 1. The molecular formula is C22H24F3N3O2. The third-order valence-electron chi connectivity index (χ3n) is 5.43. The number of benzene rings is 2. The molecule has 1 saturated carbocycles. The maximum absolute atomic E-state index is 12.9. The van der Waals surface area contributed by atoms with Crippen LogP contribution in [0.5, 0.6) is 0 Å². The maximum atomic E-state index is 12.9. The highest BCUT2D eigenvalue weighted by molar-refractivity contribution is 5.87. The Bertz CT molecular complexity index is 869. The van der Waals surface area contributed by atoms with Crippen LogP contribution in [0.1, 0.15) is 41.9 Å². The monoisotopic (exact) mass is 419 g/mol. The van der Waals surface area contributed by atoms with E-state index < -0.39 is 23.8 Å². The van der Waals surface area contributed by atoms with Gasteiger partial charge in [0.05, 0.1) is 5.56 Å². The molecule has 5 nitrogen and oxygen atoms in total. The van der Waals surface area contributed by atoms with Crippen LogP contribution in [-0.4, -0.2) is 24.0 Å². The molecule has 0 heterocycles. The molecule has 0 aliphatic heterocycles. The number of rotatable bonds is 6. The van der Waals surface area contributed by atoms with Gasteiger partial charge in [0.2, 0.25) is 5.91 Å². The van der Waals surface area contributed by atoms with Crippen molar-refractivity contribution in [2.75, 3.05) is 0 Å². The van der Waals surface area contributed by atoms with Gasteiger partial charge in [-0.05, 0) is 36.1 Å². The van der Waals surface area contributed by atoms with Crippen LogP contribution in [0.15, 0.2) is 54.6 Å². The lowest BCUT2D eigenvalue weighted by atomic mass is 9.92. The Morgan fingerprint density at radius 1 is 1.03 bits per heavy atom. The van der Waals surface area contributed by atoms with Crippen molar-refractivity contribution in [1.82, 2.24) is 10.6 Å². The first-order valence-electron chi connectivity index (χ1n) is 9.81. The van der Waals surface area contributed by atoms with Gasteiger partial charge in [0.15, 0.2) is 0 Å². The van der Waals surface area contributed by atoms with Gasteiger partial charge in [0, 0.05) is 18.4 Å². The number of halogens is 3. The Morgan fingerprint density at radius 3 is 2.30 bits per heavy atom. The van der Waals surface area contributed by atoms with Crippen molar-refractivity contribution in [3.63, 3.8) is 0 Å². The van der Waals surface area contributed by atoms with Crippen molar-refractivity contribution >= 4 is 11.9 Å². The number of carbonyl (C=O) groups is 2. The maximum Gasteiger partial charge on any atom is 0.416 e. The first-order chi connectivity index (χ1) is 14.2. The number of carbonyl (C=O) groups excluding carboxylic acids is 2. The zero-order chi connectivity index (χ0) is 21.7. The number of nitrogens with one attached hydrogen (secondary N) is 2. The lowest BCUT2D eigenvalue weighted by Gasteiger charge is -2.25. The van der Waals surface area contributed by atoms with E-state index in [1.165, 1.54) is 12.1 Å². The first kappa shape index (κ1) is 21.7. The van der Waals surface area contributed by atoms with Crippen molar-refractivity contribution in [2.24, 2.45) is 5.73 Å². The number of alkyl halides is 3. The van der Waals surface area contributed by atoms with E-state index in [9.17, 15) is 22.8 Å². The highest BCUT2D eigenvalue weighted by atomic mass is 19.4. The van der Waals surface area contributed by atoms with Crippen molar-refractivity contribution in [1.29, 1.82) is 0 Å². The second kappa shape index (κ2) is 9.19. The van der Waals surface area contributed by atoms with E-state index in [1.54, 1.807) is 0 Å². The van der Waals surface area contributed by atoms with Crippen LogP contribution in [0.25, 0.3) is 0 Å². The summed E-state index contributed by atoms with van der Waals surface area (Å²) in [5.41, 5.74) is 6.17. The highest BCUT2D eigenvalue weighted by Gasteiger charge is 2.34. The molecule has 3 amide bonds. The second-order valence-corrected chi connectivity index (χ2v) is 7.52. The standard InChI is InChI=1S/C22H24F3N3O2/c23-22(24,25)16-11-9-15(10-12-16)17-7-4-8-18(17)27-20(29)19(28-21(26)30)13-14-5-2-1-3-6-14/h1-3,5-6,9-12,17-19H,4,7-8,13H2,(H,27,29)(H3,26,28,30)/t17-,18+,19?/m0/s1.